The van der Waals surface area contributed by atoms with Gasteiger partial charge in [-0.25, -0.2) is 0 Å². The molecule has 2 nitrogen and oxygen atoms in total. The molecule has 0 aliphatic heterocycles. The van der Waals surface area contributed by atoms with Crippen LogP contribution in [0.4, 0.5) is 0 Å². The number of allylic oxidation sites excluding steroid dienone is 3. The van der Waals surface area contributed by atoms with Gasteiger partial charge in [-0.05, 0) is 68.1 Å². The van der Waals surface area contributed by atoms with Gasteiger partial charge in [0.25, 0.3) is 0 Å². The molecular formula is C20H30O2. The molecule has 0 spiro atoms. The Morgan fingerprint density at radius 1 is 1.32 bits per heavy atom. The van der Waals surface area contributed by atoms with Gasteiger partial charge < -0.3 is 5.11 Å². The molecule has 2 saturated carbocycles. The third kappa shape index (κ3) is 2.10. The lowest BCUT2D eigenvalue weighted by Crippen LogP contribution is -2.53. The summed E-state index contributed by atoms with van der Waals surface area (Å²) in [4.78, 5) is 11.9. The van der Waals surface area contributed by atoms with E-state index in [2.05, 4.69) is 32.6 Å². The van der Waals surface area contributed by atoms with E-state index in [4.69, 9.17) is 0 Å². The maximum Gasteiger partial charge on any atom is 0.309 e. The summed E-state index contributed by atoms with van der Waals surface area (Å²) in [5.74, 6) is 0.276. The summed E-state index contributed by atoms with van der Waals surface area (Å²) in [5.41, 5.74) is 1.43. The summed E-state index contributed by atoms with van der Waals surface area (Å²) in [6.07, 6.45) is 12.0. The van der Waals surface area contributed by atoms with Gasteiger partial charge in [0.2, 0.25) is 0 Å². The number of fused-ring (bicyclic) bond motifs is 3. The summed E-state index contributed by atoms with van der Waals surface area (Å²) in [6.45, 7) is 10.7. The van der Waals surface area contributed by atoms with Crippen molar-refractivity contribution in [2.24, 2.45) is 28.1 Å². The Balaban J connectivity index is 1.98. The molecule has 3 rings (SSSR count). The number of aliphatic carboxylic acids is 1. The van der Waals surface area contributed by atoms with Gasteiger partial charge in [0, 0.05) is 0 Å². The second kappa shape index (κ2) is 4.97. The molecule has 2 heteroatoms. The molecule has 1 N–H and O–H groups in total. The van der Waals surface area contributed by atoms with E-state index < -0.39 is 11.4 Å². The quantitative estimate of drug-likeness (QED) is 0.711. The third-order valence-electron chi connectivity index (χ3n) is 7.43. The summed E-state index contributed by atoms with van der Waals surface area (Å²) >= 11 is 0. The zero-order valence-electron chi connectivity index (χ0n) is 14.3. The van der Waals surface area contributed by atoms with Crippen LogP contribution in [0.15, 0.2) is 24.3 Å². The Hall–Kier alpha value is -1.05. The van der Waals surface area contributed by atoms with E-state index in [-0.39, 0.29) is 16.7 Å². The molecule has 3 aliphatic carbocycles. The van der Waals surface area contributed by atoms with Crippen LogP contribution in [0.1, 0.15) is 65.7 Å². The molecule has 0 aromatic heterocycles. The normalized spacial score (nSPS) is 47.9. The van der Waals surface area contributed by atoms with Crippen molar-refractivity contribution in [3.8, 4) is 0 Å². The highest BCUT2D eigenvalue weighted by Gasteiger charge is 2.58. The number of carbonyl (C=O) groups is 1. The van der Waals surface area contributed by atoms with Gasteiger partial charge in [0.15, 0.2) is 0 Å². The monoisotopic (exact) mass is 302 g/mol. The molecule has 0 radical (unpaired) electrons. The summed E-state index contributed by atoms with van der Waals surface area (Å²) in [5, 5.41) is 9.83. The van der Waals surface area contributed by atoms with E-state index in [0.29, 0.717) is 5.92 Å². The number of hydrogen-bond donors (Lipinski definition) is 1. The third-order valence-corrected chi connectivity index (χ3v) is 7.43. The minimum Gasteiger partial charge on any atom is -0.481 e. The smallest absolute Gasteiger partial charge is 0.309 e. The average molecular weight is 302 g/mol. The minimum atomic E-state index is -0.591. The molecule has 122 valence electrons. The van der Waals surface area contributed by atoms with Crippen molar-refractivity contribution in [2.75, 3.05) is 0 Å². The fourth-order valence-electron chi connectivity index (χ4n) is 5.86. The van der Waals surface area contributed by atoms with Crippen LogP contribution in [0, 0.1) is 28.1 Å². The second-order valence-corrected chi connectivity index (χ2v) is 8.78. The molecular weight excluding hydrogens is 272 g/mol. The SMILES string of the molecule is C=C[C@]1(C)CCC2C(=CCC3[C@]2(C)CCC[C@@]3(C)C(=O)O)C1. The second-order valence-electron chi connectivity index (χ2n) is 8.78. The highest BCUT2D eigenvalue weighted by Crippen LogP contribution is 2.63. The molecule has 5 atom stereocenters. The maximum absolute atomic E-state index is 11.9. The number of rotatable bonds is 2. The molecule has 0 heterocycles. The number of carboxylic acids is 1. The van der Waals surface area contributed by atoms with Crippen molar-refractivity contribution < 1.29 is 9.90 Å². The van der Waals surface area contributed by atoms with Gasteiger partial charge in [-0.2, -0.15) is 0 Å². The first-order chi connectivity index (χ1) is 10.3. The van der Waals surface area contributed by atoms with Crippen molar-refractivity contribution in [2.45, 2.75) is 65.7 Å². The van der Waals surface area contributed by atoms with Crippen LogP contribution in [-0.2, 0) is 4.79 Å². The van der Waals surface area contributed by atoms with Crippen molar-refractivity contribution >= 4 is 5.97 Å². The van der Waals surface area contributed by atoms with E-state index in [0.717, 1.165) is 25.7 Å². The van der Waals surface area contributed by atoms with Crippen LogP contribution in [0.5, 0.6) is 0 Å². The highest BCUT2D eigenvalue weighted by molar-refractivity contribution is 5.75. The average Bonchev–Trinajstić information content (AvgIpc) is 2.46. The molecule has 22 heavy (non-hydrogen) atoms. The van der Waals surface area contributed by atoms with E-state index in [1.807, 2.05) is 6.92 Å². The lowest BCUT2D eigenvalue weighted by atomic mass is 9.45. The fourth-order valence-corrected chi connectivity index (χ4v) is 5.86. The molecule has 0 bridgehead atoms. The fraction of sp³-hybridized carbons (Fsp3) is 0.750. The highest BCUT2D eigenvalue weighted by atomic mass is 16.4. The van der Waals surface area contributed by atoms with Gasteiger partial charge in [0.05, 0.1) is 5.41 Å². The van der Waals surface area contributed by atoms with E-state index >= 15 is 0 Å². The van der Waals surface area contributed by atoms with E-state index in [1.54, 1.807) is 5.57 Å². The van der Waals surface area contributed by atoms with Crippen molar-refractivity contribution in [1.82, 2.24) is 0 Å². The van der Waals surface area contributed by atoms with Gasteiger partial charge in [-0.3, -0.25) is 4.79 Å². The minimum absolute atomic E-state index is 0.165. The summed E-state index contributed by atoms with van der Waals surface area (Å²) in [6, 6.07) is 0. The Morgan fingerprint density at radius 2 is 2.05 bits per heavy atom. The molecule has 2 fully saturated rings. The summed E-state index contributed by atoms with van der Waals surface area (Å²) < 4.78 is 0. The standard InChI is InChI=1S/C20H30O2/c1-5-18(2)12-9-15-14(13-18)7-8-16-19(15,3)10-6-11-20(16,4)17(21)22/h5,7,15-16H,1,6,8-13H2,2-4H3,(H,21,22)/t15?,16?,18-,19-,20-/m1/s1. The first kappa shape index (κ1) is 15.8. The lowest BCUT2D eigenvalue weighted by molar-refractivity contribution is -0.163. The first-order valence-electron chi connectivity index (χ1n) is 8.81. The van der Waals surface area contributed by atoms with E-state index in [1.165, 1.54) is 19.3 Å². The van der Waals surface area contributed by atoms with Gasteiger partial charge in [-0.15, -0.1) is 6.58 Å². The molecule has 0 amide bonds. The van der Waals surface area contributed by atoms with Crippen molar-refractivity contribution in [3.05, 3.63) is 24.3 Å². The Morgan fingerprint density at radius 3 is 2.68 bits per heavy atom. The molecule has 2 unspecified atom stereocenters. The topological polar surface area (TPSA) is 37.3 Å². The predicted molar refractivity (Wildman–Crippen MR) is 89.5 cm³/mol. The van der Waals surface area contributed by atoms with Crippen molar-refractivity contribution in [1.29, 1.82) is 0 Å². The maximum atomic E-state index is 11.9. The van der Waals surface area contributed by atoms with Crippen molar-refractivity contribution in [3.63, 3.8) is 0 Å². The van der Waals surface area contributed by atoms with Gasteiger partial charge in [0.1, 0.15) is 0 Å². The van der Waals surface area contributed by atoms with Crippen LogP contribution >= 0.6 is 0 Å². The molecule has 0 aromatic carbocycles. The molecule has 3 aliphatic rings. The molecule has 0 aromatic rings. The largest absolute Gasteiger partial charge is 0.481 e. The van der Waals surface area contributed by atoms with Gasteiger partial charge >= 0.3 is 5.97 Å². The number of hydrogen-bond acceptors (Lipinski definition) is 1. The van der Waals surface area contributed by atoms with E-state index in [9.17, 15) is 9.90 Å². The molecule has 0 saturated heterocycles. The lowest BCUT2D eigenvalue weighted by Gasteiger charge is -2.58. The summed E-state index contributed by atoms with van der Waals surface area (Å²) in [7, 11) is 0. The van der Waals surface area contributed by atoms with Crippen LogP contribution in [0.2, 0.25) is 0 Å². The predicted octanol–water partition coefficient (Wildman–Crippen LogP) is 5.21. The zero-order valence-corrected chi connectivity index (χ0v) is 14.3. The first-order valence-corrected chi connectivity index (χ1v) is 8.81. The van der Waals surface area contributed by atoms with Crippen LogP contribution in [-0.4, -0.2) is 11.1 Å². The van der Waals surface area contributed by atoms with Crippen LogP contribution < -0.4 is 0 Å². The van der Waals surface area contributed by atoms with Crippen LogP contribution in [0.3, 0.4) is 0 Å². The number of carboxylic acid groups (broad SMARTS) is 1. The zero-order chi connectivity index (χ0) is 16.2. The Labute approximate surface area is 134 Å². The Kier molecular flexibility index (Phi) is 3.58. The van der Waals surface area contributed by atoms with Gasteiger partial charge in [-0.1, -0.05) is 38.0 Å². The van der Waals surface area contributed by atoms with Crippen LogP contribution in [0.25, 0.3) is 0 Å². The Bertz CT molecular complexity index is 534.